The number of hydrogen-bond donors (Lipinski definition) is 1. The average molecular weight is 645 g/mol. The monoisotopic (exact) mass is 643 g/mol. The van der Waals surface area contributed by atoms with E-state index in [0.717, 1.165) is 0 Å². The first kappa shape index (κ1) is 32.4. The Bertz CT molecular complexity index is 1210. The maximum atomic E-state index is 15.0. The number of hydrogen-bond acceptors (Lipinski definition) is 5. The van der Waals surface area contributed by atoms with Gasteiger partial charge in [-0.3, -0.25) is 14.4 Å². The number of benzene rings is 1. The Balaban J connectivity index is 1.89. The van der Waals surface area contributed by atoms with Crippen LogP contribution in [-0.2, 0) is 19.1 Å². The minimum Gasteiger partial charge on any atom is -0.394 e. The van der Waals surface area contributed by atoms with Crippen molar-refractivity contribution in [3.05, 3.63) is 61.2 Å². The maximum Gasteiger partial charge on any atom is 0.249 e. The van der Waals surface area contributed by atoms with Gasteiger partial charge in [0.05, 0.1) is 30.6 Å². The molecule has 42 heavy (non-hydrogen) atoms. The molecule has 230 valence electrons. The van der Waals surface area contributed by atoms with E-state index >= 15 is 4.79 Å². The van der Waals surface area contributed by atoms with Gasteiger partial charge in [-0.1, -0.05) is 79.2 Å². The molecule has 3 amide bonds. The average Bonchev–Trinajstić information content (AvgIpc) is 3.50. The Kier molecular flexibility index (Phi) is 9.18. The largest absolute Gasteiger partial charge is 0.394 e. The van der Waals surface area contributed by atoms with Crippen LogP contribution in [0.15, 0.2) is 55.6 Å². The van der Waals surface area contributed by atoms with Crippen molar-refractivity contribution in [3.8, 4) is 0 Å². The lowest BCUT2D eigenvalue weighted by molar-refractivity contribution is -0.156. The lowest BCUT2D eigenvalue weighted by Gasteiger charge is -2.46. The molecule has 7 atom stereocenters. The number of halogens is 1. The maximum absolute atomic E-state index is 15.0. The smallest absolute Gasteiger partial charge is 0.249 e. The van der Waals surface area contributed by atoms with Gasteiger partial charge in [0.2, 0.25) is 17.7 Å². The number of carbonyl (C=O) groups excluding carboxylic acids is 3. The third-order valence-electron chi connectivity index (χ3n) is 8.99. The molecule has 3 unspecified atom stereocenters. The third-order valence-corrected chi connectivity index (χ3v) is 9.83. The zero-order valence-corrected chi connectivity index (χ0v) is 27.3. The summed E-state index contributed by atoms with van der Waals surface area (Å²) in [5, 5.41) is 10.8. The zero-order valence-electron chi connectivity index (χ0n) is 25.8. The van der Waals surface area contributed by atoms with Gasteiger partial charge in [0.1, 0.15) is 11.6 Å². The van der Waals surface area contributed by atoms with Crippen molar-refractivity contribution in [2.45, 2.75) is 81.6 Å². The molecular formula is C33H46BrN3O5. The van der Waals surface area contributed by atoms with Crippen molar-refractivity contribution >= 4 is 33.7 Å². The van der Waals surface area contributed by atoms with E-state index in [1.54, 1.807) is 29.0 Å². The summed E-state index contributed by atoms with van der Waals surface area (Å²) in [5.41, 5.74) is -1.19. The van der Waals surface area contributed by atoms with E-state index in [1.807, 2.05) is 44.2 Å². The molecule has 1 N–H and O–H groups in total. The lowest BCUT2D eigenvalue weighted by Crippen LogP contribution is -2.61. The number of ether oxygens (including phenoxy) is 1. The molecular weight excluding hydrogens is 598 g/mol. The number of amides is 3. The minimum atomic E-state index is -1.23. The SMILES string of the molecule is C=CCN(C)C(=O)[C@H]1[C@H]2C(=O)N([C@H](CO)c3ccccc3)C(C(=O)N(CC=C)C(C)(C)CC(C)(C)C)C23CC(Br)[C@@H]1O3. The molecule has 2 bridgehead atoms. The molecule has 0 radical (unpaired) electrons. The van der Waals surface area contributed by atoms with E-state index < -0.39 is 41.2 Å². The van der Waals surface area contributed by atoms with Crippen LogP contribution in [0.4, 0.5) is 0 Å². The summed E-state index contributed by atoms with van der Waals surface area (Å²) in [4.78, 5) is 48.2. The van der Waals surface area contributed by atoms with E-state index in [-0.39, 0.29) is 41.1 Å². The Labute approximate surface area is 258 Å². The molecule has 0 saturated carbocycles. The number of nitrogens with zero attached hydrogens (tertiary/aromatic N) is 3. The van der Waals surface area contributed by atoms with Crippen molar-refractivity contribution < 1.29 is 24.2 Å². The number of likely N-dealkylation sites (tertiary alicyclic amines) is 1. The number of aliphatic hydroxyl groups is 1. The predicted octanol–water partition coefficient (Wildman–Crippen LogP) is 4.34. The lowest BCUT2D eigenvalue weighted by atomic mass is 9.70. The summed E-state index contributed by atoms with van der Waals surface area (Å²) in [6.45, 7) is 18.4. The molecule has 8 nitrogen and oxygen atoms in total. The van der Waals surface area contributed by atoms with Crippen molar-refractivity contribution in [1.82, 2.24) is 14.7 Å². The van der Waals surface area contributed by atoms with Crippen LogP contribution in [0, 0.1) is 17.3 Å². The normalized spacial score (nSPS) is 29.3. The molecule has 3 fully saturated rings. The van der Waals surface area contributed by atoms with E-state index in [2.05, 4.69) is 49.9 Å². The molecule has 0 aromatic heterocycles. The van der Waals surface area contributed by atoms with Crippen LogP contribution >= 0.6 is 15.9 Å². The van der Waals surface area contributed by atoms with Crippen LogP contribution in [0.2, 0.25) is 0 Å². The Morgan fingerprint density at radius 1 is 1.14 bits per heavy atom. The summed E-state index contributed by atoms with van der Waals surface area (Å²) in [5.74, 6) is -2.45. The van der Waals surface area contributed by atoms with E-state index in [9.17, 15) is 14.7 Å². The van der Waals surface area contributed by atoms with Crippen LogP contribution in [0.1, 0.15) is 59.1 Å². The van der Waals surface area contributed by atoms with Gasteiger partial charge in [-0.2, -0.15) is 0 Å². The molecule has 3 aliphatic heterocycles. The molecule has 9 heteroatoms. The number of fused-ring (bicyclic) bond motifs is 1. The van der Waals surface area contributed by atoms with Gasteiger partial charge >= 0.3 is 0 Å². The third kappa shape index (κ3) is 5.48. The molecule has 1 aromatic rings. The Hall–Kier alpha value is -2.49. The number of likely N-dealkylation sites (N-methyl/N-ethyl adjacent to an activating group) is 1. The molecule has 1 aromatic carbocycles. The van der Waals surface area contributed by atoms with Gasteiger partial charge in [-0.15, -0.1) is 13.2 Å². The van der Waals surface area contributed by atoms with E-state index in [0.29, 0.717) is 24.9 Å². The van der Waals surface area contributed by atoms with Crippen molar-refractivity contribution in [1.29, 1.82) is 0 Å². The first-order valence-corrected chi connectivity index (χ1v) is 15.6. The molecule has 3 saturated heterocycles. The second-order valence-electron chi connectivity index (χ2n) is 13.8. The fourth-order valence-electron chi connectivity index (χ4n) is 7.84. The van der Waals surface area contributed by atoms with Crippen LogP contribution < -0.4 is 0 Å². The van der Waals surface area contributed by atoms with Crippen LogP contribution in [0.25, 0.3) is 0 Å². The van der Waals surface area contributed by atoms with Gasteiger partial charge in [0.25, 0.3) is 0 Å². The number of alkyl halides is 1. The fraction of sp³-hybridized carbons (Fsp3) is 0.606. The van der Waals surface area contributed by atoms with Gasteiger partial charge in [-0.25, -0.2) is 0 Å². The summed E-state index contributed by atoms with van der Waals surface area (Å²) in [6, 6.07) is 7.42. The summed E-state index contributed by atoms with van der Waals surface area (Å²) >= 11 is 3.75. The highest BCUT2D eigenvalue weighted by Crippen LogP contribution is 2.61. The topological polar surface area (TPSA) is 90.4 Å². The second-order valence-corrected chi connectivity index (χ2v) is 15.0. The summed E-state index contributed by atoms with van der Waals surface area (Å²) in [6.07, 6.45) is 3.89. The predicted molar refractivity (Wildman–Crippen MR) is 167 cm³/mol. The van der Waals surface area contributed by atoms with Gasteiger partial charge in [0.15, 0.2) is 0 Å². The molecule has 1 spiro atoms. The quantitative estimate of drug-likeness (QED) is 0.286. The molecule has 4 rings (SSSR count). The highest BCUT2D eigenvalue weighted by Gasteiger charge is 2.77. The summed E-state index contributed by atoms with van der Waals surface area (Å²) < 4.78 is 6.73. The number of carbonyl (C=O) groups is 3. The highest BCUT2D eigenvalue weighted by molar-refractivity contribution is 9.09. The first-order valence-electron chi connectivity index (χ1n) is 14.7. The highest BCUT2D eigenvalue weighted by atomic mass is 79.9. The van der Waals surface area contributed by atoms with Crippen LogP contribution in [0.3, 0.4) is 0 Å². The standard InChI is InChI=1S/C33H46BrN3O5/c1-9-16-35(8)28(39)24-25-29(40)37(23(19-38)21-14-12-11-13-15-21)27(33(25)18-22(34)26(24)42-33)30(41)36(17-10-2)32(6,7)20-31(3,4)5/h9-15,22-27,38H,1-2,16-20H2,3-8H3/t22?,23-,24+,25+,26+,27?,33?/m1/s1. The molecule has 3 aliphatic rings. The fourth-order valence-corrected chi connectivity index (χ4v) is 8.78. The van der Waals surface area contributed by atoms with E-state index in [4.69, 9.17) is 4.74 Å². The Morgan fingerprint density at radius 3 is 2.31 bits per heavy atom. The van der Waals surface area contributed by atoms with Crippen LogP contribution in [-0.4, -0.2) is 92.4 Å². The van der Waals surface area contributed by atoms with Gasteiger partial charge < -0.3 is 24.5 Å². The number of aliphatic hydroxyl groups excluding tert-OH is 1. The Morgan fingerprint density at radius 2 is 1.76 bits per heavy atom. The van der Waals surface area contributed by atoms with E-state index in [1.165, 1.54) is 4.90 Å². The minimum absolute atomic E-state index is 0.0800. The molecule has 0 aliphatic carbocycles. The van der Waals surface area contributed by atoms with Crippen molar-refractivity contribution in [3.63, 3.8) is 0 Å². The van der Waals surface area contributed by atoms with Gasteiger partial charge in [0, 0.05) is 30.5 Å². The van der Waals surface area contributed by atoms with Crippen LogP contribution in [0.5, 0.6) is 0 Å². The summed E-state index contributed by atoms with van der Waals surface area (Å²) in [7, 11) is 1.69. The number of rotatable bonds is 11. The van der Waals surface area contributed by atoms with Crippen molar-refractivity contribution in [2.24, 2.45) is 17.3 Å². The van der Waals surface area contributed by atoms with Crippen molar-refractivity contribution in [2.75, 3.05) is 26.7 Å². The van der Waals surface area contributed by atoms with Gasteiger partial charge in [-0.05, 0) is 37.7 Å². The molecule has 3 heterocycles. The second kappa shape index (κ2) is 11.9. The zero-order chi connectivity index (χ0) is 31.2. The first-order chi connectivity index (χ1) is 19.6.